The first-order valence-electron chi connectivity index (χ1n) is 24.1. The maximum Gasteiger partial charge on any atom is 0.471 e. The van der Waals surface area contributed by atoms with Gasteiger partial charge in [0.1, 0.15) is 47.7 Å². The molecular weight excluding hydrogens is 1010 g/mol. The first-order valence-corrected chi connectivity index (χ1v) is 24.1. The van der Waals surface area contributed by atoms with Gasteiger partial charge in [0, 0.05) is 43.8 Å². The lowest BCUT2D eigenvalue weighted by Gasteiger charge is -2.42. The highest BCUT2D eigenvalue weighted by Crippen LogP contribution is 2.48. The first-order chi connectivity index (χ1) is 34.9. The normalized spacial score (nSPS) is 30.6. The highest BCUT2D eigenvalue weighted by atomic mass is 19.4. The smallest absolute Gasteiger partial charge is 0.379 e. The molecule has 6 heterocycles. The Morgan fingerprint density at radius 3 is 1.51 bits per heavy atom. The van der Waals surface area contributed by atoms with Crippen LogP contribution in [0, 0.1) is 0 Å². The van der Waals surface area contributed by atoms with Crippen LogP contribution >= 0.6 is 0 Å². The summed E-state index contributed by atoms with van der Waals surface area (Å²) in [5.74, 6) is -7.86. The van der Waals surface area contributed by atoms with E-state index in [9.17, 15) is 50.3 Å². The highest BCUT2D eigenvalue weighted by Gasteiger charge is 2.68. The van der Waals surface area contributed by atoms with Crippen molar-refractivity contribution in [3.8, 4) is 0 Å². The number of hydrogen-bond acceptors (Lipinski definition) is 18. The number of azide groups is 1. The molecule has 6 fully saturated rings. The third kappa shape index (κ3) is 15.9. The van der Waals surface area contributed by atoms with E-state index in [1.807, 2.05) is 10.6 Å². The van der Waals surface area contributed by atoms with Gasteiger partial charge in [-0.1, -0.05) is 11.5 Å². The molecule has 5 N–H and O–H groups in total. The van der Waals surface area contributed by atoms with Gasteiger partial charge >= 0.3 is 24.2 Å². The van der Waals surface area contributed by atoms with Crippen LogP contribution in [0.1, 0.15) is 66.2 Å². The van der Waals surface area contributed by atoms with Gasteiger partial charge in [-0.05, 0) is 46.1 Å². The van der Waals surface area contributed by atoms with Crippen molar-refractivity contribution < 1.29 is 107 Å². The number of unbranched alkanes of at least 4 members (excludes halogenated alkanes) is 2. The van der Waals surface area contributed by atoms with Gasteiger partial charge in [0.2, 0.25) is 17.7 Å². The van der Waals surface area contributed by atoms with E-state index < -0.39 is 102 Å². The lowest BCUT2D eigenvalue weighted by atomic mass is 9.88. The van der Waals surface area contributed by atoms with Crippen molar-refractivity contribution in [3.63, 3.8) is 0 Å². The molecule has 25 nitrogen and oxygen atoms in total. The summed E-state index contributed by atoms with van der Waals surface area (Å²) in [7, 11) is 0. The number of nitrogens with zero attached hydrogens (tertiary/aromatic N) is 3. The second kappa shape index (κ2) is 25.3. The molecule has 0 aliphatic carbocycles. The van der Waals surface area contributed by atoms with Gasteiger partial charge < -0.3 is 83.4 Å². The molecule has 4 bridgehead atoms. The average Bonchev–Trinajstić information content (AvgIpc) is 4.08. The van der Waals surface area contributed by atoms with Crippen molar-refractivity contribution in [2.24, 2.45) is 5.11 Å². The van der Waals surface area contributed by atoms with Gasteiger partial charge in [-0.2, -0.15) is 26.3 Å². The van der Waals surface area contributed by atoms with Crippen LogP contribution < -0.4 is 26.6 Å². The Kier molecular flexibility index (Phi) is 20.2. The van der Waals surface area contributed by atoms with Crippen LogP contribution in [0.5, 0.6) is 0 Å². The van der Waals surface area contributed by atoms with Crippen molar-refractivity contribution in [2.45, 2.75) is 156 Å². The Hall–Kier alpha value is -4.24. The summed E-state index contributed by atoms with van der Waals surface area (Å²) in [6.45, 7) is 6.04. The van der Waals surface area contributed by atoms with E-state index in [0.717, 1.165) is 0 Å². The molecule has 0 saturated carbocycles. The van der Waals surface area contributed by atoms with Gasteiger partial charge in [-0.15, -0.1) is 0 Å². The molecule has 0 unspecified atom stereocenters. The Balaban J connectivity index is 0.867. The van der Waals surface area contributed by atoms with Gasteiger partial charge in [0.05, 0.1) is 72.1 Å². The largest absolute Gasteiger partial charge is 0.471 e. The molecule has 420 valence electrons. The number of rotatable bonds is 29. The summed E-state index contributed by atoms with van der Waals surface area (Å²) < 4.78 is 148. The van der Waals surface area contributed by atoms with Crippen molar-refractivity contribution in [3.05, 3.63) is 10.4 Å². The average molecular weight is 1080 g/mol. The molecule has 10 atom stereocenters. The third-order valence-electron chi connectivity index (χ3n) is 12.4. The second-order valence-electron chi connectivity index (χ2n) is 19.2. The number of halogens is 6. The van der Waals surface area contributed by atoms with E-state index in [1.54, 1.807) is 27.7 Å². The summed E-state index contributed by atoms with van der Waals surface area (Å²) in [4.78, 5) is 64.3. The van der Waals surface area contributed by atoms with Crippen molar-refractivity contribution in [1.82, 2.24) is 26.6 Å². The number of hydrogen-bond donors (Lipinski definition) is 5. The molecule has 6 rings (SSSR count). The van der Waals surface area contributed by atoms with E-state index in [2.05, 4.69) is 26.0 Å². The minimum absolute atomic E-state index is 0.00422. The fourth-order valence-corrected chi connectivity index (χ4v) is 9.10. The maximum absolute atomic E-state index is 13.1. The molecule has 5 amide bonds. The lowest BCUT2D eigenvalue weighted by Crippen LogP contribution is -2.66. The fraction of sp³-hybridized carbons (Fsp3) is 0.884. The van der Waals surface area contributed by atoms with Gasteiger partial charge in [-0.3, -0.25) is 24.0 Å². The molecule has 6 aliphatic rings. The summed E-state index contributed by atoms with van der Waals surface area (Å²) in [5.41, 5.74) is 5.92. The Labute approximate surface area is 420 Å². The Bertz CT molecular complexity index is 1890. The number of nitrogens with one attached hydrogen (secondary N) is 5. The van der Waals surface area contributed by atoms with E-state index in [1.165, 1.54) is 0 Å². The summed E-state index contributed by atoms with van der Waals surface area (Å²) in [6, 6.07) is -3.29. The summed E-state index contributed by atoms with van der Waals surface area (Å²) in [5, 5.41) is 15.5. The summed E-state index contributed by atoms with van der Waals surface area (Å²) >= 11 is 0. The Morgan fingerprint density at radius 2 is 1.08 bits per heavy atom. The van der Waals surface area contributed by atoms with Crippen LogP contribution in [-0.4, -0.2) is 205 Å². The quantitative estimate of drug-likeness (QED) is 0.0228. The minimum Gasteiger partial charge on any atom is -0.379 e. The molecule has 6 saturated heterocycles. The van der Waals surface area contributed by atoms with Gasteiger partial charge in [-0.25, -0.2) is 0 Å². The lowest BCUT2D eigenvalue weighted by molar-refractivity contribution is -0.217. The molecule has 6 aliphatic heterocycles. The topological polar surface area (TPSA) is 305 Å². The zero-order valence-electron chi connectivity index (χ0n) is 41.2. The zero-order chi connectivity index (χ0) is 54.0. The molecule has 0 aromatic carbocycles. The Morgan fingerprint density at radius 1 is 0.622 bits per heavy atom. The monoisotopic (exact) mass is 1080 g/mol. The van der Waals surface area contributed by atoms with Crippen molar-refractivity contribution in [1.29, 1.82) is 0 Å². The molecular formula is C43H64F6N8O17. The number of ether oxygens (including phenoxy) is 12. The van der Waals surface area contributed by atoms with Gasteiger partial charge in [0.15, 0.2) is 24.2 Å². The maximum atomic E-state index is 13.1. The van der Waals surface area contributed by atoms with Crippen molar-refractivity contribution >= 4 is 29.5 Å². The SMILES string of the molecule is CC1(C)O[C@@H]2[C@@H](NC(=O)C(F)(F)F)[C@H]3OC[C@](COCCNC(=O)CCOCC(COCCC(=O)NCCOC[C@@]45CO[C@@H](O4)[C@H](NC(=O)C(F)(F)F)[C@H]4OC(C)(C)O[C@H]45)NC(=O)CCCCCN=[N+]=[N-])(O3)[C@@H]2O1. The molecule has 31 heteroatoms. The van der Waals surface area contributed by atoms with Crippen LogP contribution in [-0.2, 0) is 80.8 Å². The standard InChI is InChI=1S/C43H64F6N8O17/c1-38(2)69-30-28(55-36(61)42(44,45)46)34-67-22-40(73-34,32(30)71-38)20-65-16-12-51-25(58)9-14-63-18-24(54-27(60)8-6-5-7-11-53-57-50)19-64-15-10-26(59)52-13-17-66-21-41-23-68-35(74-41)29(56-37(62)43(47,48)49)31-33(41)72-39(3,4)70-31/h24,28-35H,5-23H2,1-4H3,(H,51,58)(H,52,59)(H,54,60)(H,55,61)(H,56,62)/t28-,29-,30-,31-,32-,33-,34+,35+,40+,41+/m1/s1. The number of carbonyl (C=O) groups is 5. The van der Waals surface area contributed by atoms with E-state index in [4.69, 9.17) is 62.4 Å². The molecule has 74 heavy (non-hydrogen) atoms. The van der Waals surface area contributed by atoms with E-state index in [0.29, 0.717) is 25.8 Å². The van der Waals surface area contributed by atoms with Gasteiger partial charge in [0.25, 0.3) is 0 Å². The zero-order valence-corrected chi connectivity index (χ0v) is 41.2. The minimum atomic E-state index is -5.15. The predicted octanol–water partition coefficient (Wildman–Crippen LogP) is 0.806. The van der Waals surface area contributed by atoms with Crippen molar-refractivity contribution in [2.75, 3.05) is 85.7 Å². The van der Waals surface area contributed by atoms with Crippen LogP contribution in [0.4, 0.5) is 26.3 Å². The number of fused-ring (bicyclic) bond motifs is 8. The highest BCUT2D eigenvalue weighted by molar-refractivity contribution is 5.82. The second-order valence-corrected chi connectivity index (χ2v) is 19.2. The third-order valence-corrected chi connectivity index (χ3v) is 12.4. The predicted molar refractivity (Wildman–Crippen MR) is 234 cm³/mol. The van der Waals surface area contributed by atoms with E-state index >= 15 is 0 Å². The van der Waals surface area contributed by atoms with Crippen LogP contribution in [0.25, 0.3) is 10.4 Å². The molecule has 0 radical (unpaired) electrons. The van der Waals surface area contributed by atoms with Crippen LogP contribution in [0.2, 0.25) is 0 Å². The number of carbonyl (C=O) groups excluding carboxylic acids is 5. The van der Waals surface area contributed by atoms with Crippen LogP contribution in [0.3, 0.4) is 0 Å². The number of alkyl halides is 6. The molecule has 0 aromatic heterocycles. The molecule has 0 aromatic rings. The first kappa shape index (κ1) is 59.0. The fourth-order valence-electron chi connectivity index (χ4n) is 9.10. The molecule has 0 spiro atoms. The summed E-state index contributed by atoms with van der Waals surface area (Å²) in [6.07, 6.45) is -15.0. The van der Waals surface area contributed by atoms with E-state index in [-0.39, 0.29) is 116 Å². The number of amides is 5. The van der Waals surface area contributed by atoms with Crippen LogP contribution in [0.15, 0.2) is 5.11 Å².